The molecule has 0 aromatic carbocycles. The van der Waals surface area contributed by atoms with E-state index in [4.69, 9.17) is 9.47 Å². The summed E-state index contributed by atoms with van der Waals surface area (Å²) in [6.07, 6.45) is 1.85. The van der Waals surface area contributed by atoms with E-state index in [9.17, 15) is 0 Å². The zero-order valence-electron chi connectivity index (χ0n) is 6.67. The average Bonchev–Trinajstić information content (AvgIpc) is 2.44. The first-order valence-corrected chi connectivity index (χ1v) is 3.88. The summed E-state index contributed by atoms with van der Waals surface area (Å²) in [4.78, 5) is 0. The molecule has 3 atom stereocenters. The van der Waals surface area contributed by atoms with Crippen molar-refractivity contribution in [3.63, 3.8) is 0 Å². The second kappa shape index (κ2) is 2.30. The normalized spacial score (nSPS) is 49.2. The summed E-state index contributed by atoms with van der Waals surface area (Å²) in [6, 6.07) is 0. The van der Waals surface area contributed by atoms with Crippen LogP contribution in [0.2, 0.25) is 0 Å². The Bertz CT molecular complexity index is 183. The van der Waals surface area contributed by atoms with Crippen molar-refractivity contribution < 1.29 is 9.47 Å². The fraction of sp³-hybridized carbons (Fsp3) is 0.750. The highest BCUT2D eigenvalue weighted by molar-refractivity contribution is 5.06. The van der Waals surface area contributed by atoms with Crippen molar-refractivity contribution in [1.82, 2.24) is 5.32 Å². The molecule has 0 bridgehead atoms. The smallest absolute Gasteiger partial charge is 0.177 e. The van der Waals surface area contributed by atoms with Gasteiger partial charge >= 0.3 is 0 Å². The molecule has 2 saturated heterocycles. The molecule has 0 aromatic rings. The van der Waals surface area contributed by atoms with E-state index < -0.39 is 0 Å². The van der Waals surface area contributed by atoms with E-state index >= 15 is 0 Å². The fourth-order valence-corrected chi connectivity index (χ4v) is 1.73. The van der Waals surface area contributed by atoms with E-state index in [1.807, 2.05) is 6.08 Å². The molecule has 2 rings (SSSR count). The molecule has 11 heavy (non-hydrogen) atoms. The zero-order chi connectivity index (χ0) is 7.90. The van der Waals surface area contributed by atoms with Crippen molar-refractivity contribution >= 4 is 0 Å². The van der Waals surface area contributed by atoms with E-state index in [-0.39, 0.29) is 11.8 Å². The van der Waals surface area contributed by atoms with Gasteiger partial charge in [-0.2, -0.15) is 0 Å². The van der Waals surface area contributed by atoms with E-state index in [0.717, 1.165) is 6.61 Å². The monoisotopic (exact) mass is 155 g/mol. The Morgan fingerprint density at radius 1 is 1.64 bits per heavy atom. The molecule has 3 nitrogen and oxygen atoms in total. The number of nitrogens with one attached hydrogen (secondary N) is 1. The van der Waals surface area contributed by atoms with Crippen LogP contribution in [0.15, 0.2) is 12.7 Å². The maximum atomic E-state index is 5.43. The van der Waals surface area contributed by atoms with Crippen LogP contribution in [0.25, 0.3) is 0 Å². The molecule has 0 radical (unpaired) electrons. The highest BCUT2D eigenvalue weighted by Crippen LogP contribution is 2.35. The minimum atomic E-state index is -0.0782. The Morgan fingerprint density at radius 2 is 2.45 bits per heavy atom. The fourth-order valence-electron chi connectivity index (χ4n) is 1.73. The van der Waals surface area contributed by atoms with Gasteiger partial charge in [0.1, 0.15) is 6.73 Å². The van der Waals surface area contributed by atoms with Gasteiger partial charge in [-0.15, -0.1) is 6.58 Å². The van der Waals surface area contributed by atoms with Gasteiger partial charge in [-0.05, 0) is 6.92 Å². The van der Waals surface area contributed by atoms with Crippen molar-refractivity contribution in [3.8, 4) is 0 Å². The topological polar surface area (TPSA) is 30.5 Å². The van der Waals surface area contributed by atoms with Crippen LogP contribution in [0.4, 0.5) is 0 Å². The van der Waals surface area contributed by atoms with Crippen LogP contribution in [-0.4, -0.2) is 25.2 Å². The first-order valence-electron chi connectivity index (χ1n) is 3.88. The predicted molar refractivity (Wildman–Crippen MR) is 40.9 cm³/mol. The lowest BCUT2D eigenvalue weighted by atomic mass is 9.89. The van der Waals surface area contributed by atoms with Gasteiger partial charge in [0, 0.05) is 5.92 Å². The SMILES string of the molecule is C=CC1COC2OCNC12C. The molecule has 0 saturated carbocycles. The van der Waals surface area contributed by atoms with E-state index in [2.05, 4.69) is 18.8 Å². The summed E-state index contributed by atoms with van der Waals surface area (Å²) in [5, 5.41) is 3.28. The van der Waals surface area contributed by atoms with Gasteiger partial charge in [0.25, 0.3) is 0 Å². The molecular formula is C8H13NO2. The molecule has 2 aliphatic heterocycles. The largest absolute Gasteiger partial charge is 0.350 e. The molecule has 3 unspecified atom stereocenters. The maximum Gasteiger partial charge on any atom is 0.177 e. The lowest BCUT2D eigenvalue weighted by Crippen LogP contribution is -2.46. The molecule has 62 valence electrons. The van der Waals surface area contributed by atoms with Crippen molar-refractivity contribution in [1.29, 1.82) is 0 Å². The van der Waals surface area contributed by atoms with E-state index in [0.29, 0.717) is 12.6 Å². The second-order valence-electron chi connectivity index (χ2n) is 3.28. The number of rotatable bonds is 1. The third-order valence-corrected chi connectivity index (χ3v) is 2.66. The molecule has 2 heterocycles. The Balaban J connectivity index is 2.22. The first kappa shape index (κ1) is 7.28. The summed E-state index contributed by atoms with van der Waals surface area (Å²) >= 11 is 0. The summed E-state index contributed by atoms with van der Waals surface area (Å²) in [5.41, 5.74) is -0.0399. The van der Waals surface area contributed by atoms with Crippen molar-refractivity contribution in [2.75, 3.05) is 13.3 Å². The standard InChI is InChI=1S/C8H13NO2/c1-3-6-4-10-7-8(6,2)9-5-11-7/h3,6-7,9H,1,4-5H2,2H3. The Labute approximate surface area is 66.4 Å². The quantitative estimate of drug-likeness (QED) is 0.559. The Hall–Kier alpha value is -0.380. The summed E-state index contributed by atoms with van der Waals surface area (Å²) in [7, 11) is 0. The molecule has 2 fully saturated rings. The first-order chi connectivity index (χ1) is 5.27. The van der Waals surface area contributed by atoms with Gasteiger partial charge in [0.15, 0.2) is 6.29 Å². The minimum Gasteiger partial charge on any atom is -0.350 e. The molecule has 0 aromatic heterocycles. The van der Waals surface area contributed by atoms with Crippen LogP contribution in [0.5, 0.6) is 0 Å². The van der Waals surface area contributed by atoms with Gasteiger partial charge in [-0.1, -0.05) is 6.08 Å². The maximum absolute atomic E-state index is 5.43. The molecule has 0 amide bonds. The van der Waals surface area contributed by atoms with Gasteiger partial charge in [-0.3, -0.25) is 5.32 Å². The van der Waals surface area contributed by atoms with E-state index in [1.54, 1.807) is 0 Å². The van der Waals surface area contributed by atoms with Crippen LogP contribution in [0.3, 0.4) is 0 Å². The highest BCUT2D eigenvalue weighted by Gasteiger charge is 2.50. The predicted octanol–water partition coefficient (Wildman–Crippen LogP) is 0.481. The highest BCUT2D eigenvalue weighted by atomic mass is 16.7. The number of hydrogen-bond donors (Lipinski definition) is 1. The van der Waals surface area contributed by atoms with Gasteiger partial charge < -0.3 is 9.47 Å². The van der Waals surface area contributed by atoms with Gasteiger partial charge in [-0.25, -0.2) is 0 Å². The van der Waals surface area contributed by atoms with Crippen molar-refractivity contribution in [3.05, 3.63) is 12.7 Å². The molecule has 1 N–H and O–H groups in total. The second-order valence-corrected chi connectivity index (χ2v) is 3.28. The van der Waals surface area contributed by atoms with Crippen LogP contribution >= 0.6 is 0 Å². The van der Waals surface area contributed by atoms with Gasteiger partial charge in [0.2, 0.25) is 0 Å². The number of hydrogen-bond acceptors (Lipinski definition) is 3. The zero-order valence-corrected chi connectivity index (χ0v) is 6.67. The summed E-state index contributed by atoms with van der Waals surface area (Å²) < 4.78 is 10.8. The van der Waals surface area contributed by atoms with Crippen LogP contribution < -0.4 is 5.32 Å². The van der Waals surface area contributed by atoms with Crippen molar-refractivity contribution in [2.45, 2.75) is 18.8 Å². The molecular weight excluding hydrogens is 142 g/mol. The average molecular weight is 155 g/mol. The lowest BCUT2D eigenvalue weighted by Gasteiger charge is -2.24. The molecule has 2 aliphatic rings. The van der Waals surface area contributed by atoms with Crippen LogP contribution in [0, 0.1) is 5.92 Å². The number of ether oxygens (including phenoxy) is 2. The third kappa shape index (κ3) is 0.851. The molecule has 0 spiro atoms. The Morgan fingerprint density at radius 3 is 3.18 bits per heavy atom. The minimum absolute atomic E-state index is 0.0399. The third-order valence-electron chi connectivity index (χ3n) is 2.66. The molecule has 3 heteroatoms. The van der Waals surface area contributed by atoms with Crippen LogP contribution in [0.1, 0.15) is 6.92 Å². The summed E-state index contributed by atoms with van der Waals surface area (Å²) in [6.45, 7) is 7.20. The lowest BCUT2D eigenvalue weighted by molar-refractivity contribution is -0.0934. The molecule has 0 aliphatic carbocycles. The van der Waals surface area contributed by atoms with E-state index in [1.165, 1.54) is 0 Å². The summed E-state index contributed by atoms with van der Waals surface area (Å²) in [5.74, 6) is 0.370. The van der Waals surface area contributed by atoms with Gasteiger partial charge in [0.05, 0.1) is 12.1 Å². The van der Waals surface area contributed by atoms with Crippen LogP contribution in [-0.2, 0) is 9.47 Å². The van der Waals surface area contributed by atoms with Crippen molar-refractivity contribution in [2.24, 2.45) is 5.92 Å². The Kier molecular flexibility index (Phi) is 1.52. The number of fused-ring (bicyclic) bond motifs is 1.